The molecule has 0 aliphatic rings. The molecular formula is C15H25N3O2. The molecule has 1 aromatic heterocycles. The van der Waals surface area contributed by atoms with Crippen LogP contribution in [0.4, 0.5) is 5.82 Å². The van der Waals surface area contributed by atoms with E-state index < -0.39 is 0 Å². The average Bonchev–Trinajstić information content (AvgIpc) is 2.44. The highest BCUT2D eigenvalue weighted by molar-refractivity contribution is 5.94. The highest BCUT2D eigenvalue weighted by Gasteiger charge is 2.19. The number of methoxy groups -OCH3 is 1. The highest BCUT2D eigenvalue weighted by atomic mass is 16.5. The maximum atomic E-state index is 12.0. The first-order valence-electron chi connectivity index (χ1n) is 6.95. The fourth-order valence-electron chi connectivity index (χ4n) is 1.70. The second-order valence-electron chi connectivity index (χ2n) is 5.55. The van der Waals surface area contributed by atoms with E-state index in [1.807, 2.05) is 13.0 Å². The van der Waals surface area contributed by atoms with Crippen LogP contribution in [0.25, 0.3) is 0 Å². The Morgan fingerprint density at radius 3 is 2.70 bits per heavy atom. The van der Waals surface area contributed by atoms with Gasteiger partial charge in [-0.2, -0.15) is 0 Å². The summed E-state index contributed by atoms with van der Waals surface area (Å²) in [5.74, 6) is 0.690. The van der Waals surface area contributed by atoms with Crippen molar-refractivity contribution in [1.82, 2.24) is 10.3 Å². The minimum Gasteiger partial charge on any atom is -0.385 e. The number of hydrogen-bond acceptors (Lipinski definition) is 4. The third kappa shape index (κ3) is 5.57. The van der Waals surface area contributed by atoms with Crippen molar-refractivity contribution in [2.24, 2.45) is 5.41 Å². The summed E-state index contributed by atoms with van der Waals surface area (Å²) in [6.45, 7) is 8.35. The number of nitrogens with zero attached hydrogens (tertiary/aromatic N) is 1. The second-order valence-corrected chi connectivity index (χ2v) is 5.55. The number of ether oxygens (including phenoxy) is 1. The Hall–Kier alpha value is -1.62. The first-order valence-corrected chi connectivity index (χ1v) is 6.95. The first-order chi connectivity index (χ1) is 9.48. The Morgan fingerprint density at radius 2 is 2.15 bits per heavy atom. The molecule has 0 unspecified atom stereocenters. The standard InChI is InChI=1S/C15H25N3O2/c1-5-16-13-7-6-12(10-17-13)14(19)18-11-15(2,3)8-9-20-4/h6-7,10H,5,8-9,11H2,1-4H3,(H,16,17)(H,18,19). The van der Waals surface area contributed by atoms with Crippen LogP contribution in [0.1, 0.15) is 37.6 Å². The van der Waals surface area contributed by atoms with Gasteiger partial charge < -0.3 is 15.4 Å². The molecule has 5 heteroatoms. The lowest BCUT2D eigenvalue weighted by atomic mass is 9.89. The van der Waals surface area contributed by atoms with Gasteiger partial charge >= 0.3 is 0 Å². The molecule has 1 heterocycles. The predicted octanol–water partition coefficient (Wildman–Crippen LogP) is 2.31. The molecule has 0 radical (unpaired) electrons. The molecule has 0 aromatic carbocycles. The second kappa shape index (κ2) is 7.85. The number of carbonyl (C=O) groups is 1. The summed E-state index contributed by atoms with van der Waals surface area (Å²) in [4.78, 5) is 16.2. The molecule has 5 nitrogen and oxygen atoms in total. The van der Waals surface area contributed by atoms with Crippen LogP contribution in [-0.2, 0) is 4.74 Å². The Bertz CT molecular complexity index is 416. The predicted molar refractivity (Wildman–Crippen MR) is 81.0 cm³/mol. The van der Waals surface area contributed by atoms with Crippen molar-refractivity contribution in [2.75, 3.05) is 32.1 Å². The maximum Gasteiger partial charge on any atom is 0.252 e. The van der Waals surface area contributed by atoms with E-state index in [-0.39, 0.29) is 11.3 Å². The molecule has 0 spiro atoms. The number of aromatic nitrogens is 1. The van der Waals surface area contributed by atoms with E-state index in [1.54, 1.807) is 19.4 Å². The van der Waals surface area contributed by atoms with Crippen molar-refractivity contribution < 1.29 is 9.53 Å². The van der Waals surface area contributed by atoms with Crippen molar-refractivity contribution in [2.45, 2.75) is 27.2 Å². The van der Waals surface area contributed by atoms with E-state index in [9.17, 15) is 4.79 Å². The molecule has 112 valence electrons. The summed E-state index contributed by atoms with van der Waals surface area (Å²) in [5, 5.41) is 6.04. The topological polar surface area (TPSA) is 63.2 Å². The molecule has 0 bridgehead atoms. The van der Waals surface area contributed by atoms with Gasteiger partial charge in [0, 0.05) is 33.0 Å². The van der Waals surface area contributed by atoms with E-state index in [4.69, 9.17) is 4.74 Å². The Kier molecular flexibility index (Phi) is 6.45. The van der Waals surface area contributed by atoms with Gasteiger partial charge in [-0.3, -0.25) is 4.79 Å². The molecule has 0 saturated heterocycles. The van der Waals surface area contributed by atoms with Crippen LogP contribution in [0.5, 0.6) is 0 Å². The molecule has 0 aliphatic heterocycles. The first kappa shape index (κ1) is 16.4. The number of anilines is 1. The van der Waals surface area contributed by atoms with Gasteiger partial charge in [-0.15, -0.1) is 0 Å². The fraction of sp³-hybridized carbons (Fsp3) is 0.600. The molecule has 0 saturated carbocycles. The fourth-order valence-corrected chi connectivity index (χ4v) is 1.70. The van der Waals surface area contributed by atoms with Crippen molar-refractivity contribution in [3.8, 4) is 0 Å². The number of nitrogens with one attached hydrogen (secondary N) is 2. The third-order valence-electron chi connectivity index (χ3n) is 3.09. The lowest BCUT2D eigenvalue weighted by Crippen LogP contribution is -2.34. The molecule has 20 heavy (non-hydrogen) atoms. The Morgan fingerprint density at radius 1 is 1.40 bits per heavy atom. The molecule has 1 rings (SSSR count). The lowest BCUT2D eigenvalue weighted by molar-refractivity contribution is 0.0920. The summed E-state index contributed by atoms with van der Waals surface area (Å²) in [6, 6.07) is 3.59. The third-order valence-corrected chi connectivity index (χ3v) is 3.09. The minimum absolute atomic E-state index is 0.0167. The zero-order valence-corrected chi connectivity index (χ0v) is 12.8. The van der Waals surface area contributed by atoms with Gasteiger partial charge in [0.2, 0.25) is 0 Å². The van der Waals surface area contributed by atoms with Gasteiger partial charge in [-0.1, -0.05) is 13.8 Å². The zero-order chi connectivity index (χ0) is 15.0. The lowest BCUT2D eigenvalue weighted by Gasteiger charge is -2.24. The number of amides is 1. The molecule has 0 fully saturated rings. The maximum absolute atomic E-state index is 12.0. The van der Waals surface area contributed by atoms with Gasteiger partial charge in [0.05, 0.1) is 5.56 Å². The van der Waals surface area contributed by atoms with Crippen LogP contribution in [0.3, 0.4) is 0 Å². The quantitative estimate of drug-likeness (QED) is 0.766. The number of hydrogen-bond donors (Lipinski definition) is 2. The summed E-state index contributed by atoms with van der Waals surface area (Å²) < 4.78 is 5.08. The number of pyridine rings is 1. The van der Waals surface area contributed by atoms with Crippen LogP contribution in [-0.4, -0.2) is 37.7 Å². The van der Waals surface area contributed by atoms with Crippen LogP contribution >= 0.6 is 0 Å². The van der Waals surface area contributed by atoms with Gasteiger partial charge in [-0.25, -0.2) is 4.98 Å². The van der Waals surface area contributed by atoms with Crippen molar-refractivity contribution in [3.63, 3.8) is 0 Å². The molecule has 0 aliphatic carbocycles. The Balaban J connectivity index is 2.49. The molecule has 1 amide bonds. The van der Waals surface area contributed by atoms with E-state index in [0.29, 0.717) is 18.7 Å². The van der Waals surface area contributed by atoms with Gasteiger partial charge in [-0.05, 0) is 30.9 Å². The normalized spacial score (nSPS) is 11.2. The summed E-state index contributed by atoms with van der Waals surface area (Å²) in [7, 11) is 1.69. The van der Waals surface area contributed by atoms with Crippen molar-refractivity contribution >= 4 is 11.7 Å². The van der Waals surface area contributed by atoms with E-state index in [1.165, 1.54) is 0 Å². The van der Waals surface area contributed by atoms with E-state index in [2.05, 4.69) is 29.5 Å². The Labute approximate surface area is 121 Å². The molecule has 1 aromatic rings. The number of rotatable bonds is 8. The number of carbonyl (C=O) groups excluding carboxylic acids is 1. The van der Waals surface area contributed by atoms with E-state index in [0.717, 1.165) is 18.8 Å². The van der Waals surface area contributed by atoms with Gasteiger partial charge in [0.25, 0.3) is 5.91 Å². The molecule has 2 N–H and O–H groups in total. The smallest absolute Gasteiger partial charge is 0.252 e. The van der Waals surface area contributed by atoms with E-state index >= 15 is 0 Å². The molecular weight excluding hydrogens is 254 g/mol. The molecule has 0 atom stereocenters. The van der Waals surface area contributed by atoms with Gasteiger partial charge in [0.15, 0.2) is 0 Å². The summed E-state index contributed by atoms with van der Waals surface area (Å²) >= 11 is 0. The SMILES string of the molecule is CCNc1ccc(C(=O)NCC(C)(C)CCOC)cn1. The van der Waals surface area contributed by atoms with Crippen LogP contribution in [0, 0.1) is 5.41 Å². The van der Waals surface area contributed by atoms with Gasteiger partial charge in [0.1, 0.15) is 5.82 Å². The largest absolute Gasteiger partial charge is 0.385 e. The monoisotopic (exact) mass is 279 g/mol. The zero-order valence-electron chi connectivity index (χ0n) is 12.8. The van der Waals surface area contributed by atoms with Crippen LogP contribution in [0.15, 0.2) is 18.3 Å². The van der Waals surface area contributed by atoms with Crippen LogP contribution in [0.2, 0.25) is 0 Å². The summed E-state index contributed by atoms with van der Waals surface area (Å²) in [6.07, 6.45) is 2.50. The average molecular weight is 279 g/mol. The highest BCUT2D eigenvalue weighted by Crippen LogP contribution is 2.18. The minimum atomic E-state index is -0.0916. The summed E-state index contributed by atoms with van der Waals surface area (Å²) in [5.41, 5.74) is 0.595. The van der Waals surface area contributed by atoms with Crippen LogP contribution < -0.4 is 10.6 Å². The van der Waals surface area contributed by atoms with Crippen molar-refractivity contribution in [3.05, 3.63) is 23.9 Å². The van der Waals surface area contributed by atoms with Crippen molar-refractivity contribution in [1.29, 1.82) is 0 Å².